The maximum absolute atomic E-state index is 15.7. The minimum absolute atomic E-state index is 0.0756. The largest absolute Gasteiger partial charge is 0.497 e. The van der Waals surface area contributed by atoms with Crippen molar-refractivity contribution in [2.75, 3.05) is 26.7 Å². The molecule has 0 spiro atoms. The number of hydrogen-bond acceptors (Lipinski definition) is 4. The van der Waals surface area contributed by atoms with Crippen LogP contribution >= 0.6 is 11.6 Å². The molecule has 0 saturated carbocycles. The van der Waals surface area contributed by atoms with Crippen molar-refractivity contribution >= 4 is 28.5 Å². The van der Waals surface area contributed by atoms with Crippen LogP contribution in [-0.2, 0) is 4.79 Å². The highest BCUT2D eigenvalue weighted by Crippen LogP contribution is 2.44. The molecule has 2 aromatic carbocycles. The van der Waals surface area contributed by atoms with Crippen LogP contribution in [0.25, 0.3) is 10.9 Å². The number of alkyl halides is 1. The number of nitrogens with zero attached hydrogens (tertiary/aromatic N) is 2. The Morgan fingerprint density at radius 2 is 1.90 bits per heavy atom. The third-order valence-corrected chi connectivity index (χ3v) is 7.58. The molecular weight excluding hydrogens is 536 g/mol. The lowest BCUT2D eigenvalue weighted by molar-refractivity contribution is -0.141. The van der Waals surface area contributed by atoms with Crippen molar-refractivity contribution in [2.24, 2.45) is 5.41 Å². The fraction of sp³-hybridized carbons (Fsp3) is 0.379. The number of fused-ring (bicyclic) bond motifs is 1. The molecular formula is C29H27ClF4N2O3. The Bertz CT molecular complexity index is 1410. The standard InChI is InChI=1S/C29H27ClF4N2O3/c1-39-19-4-5-26-21(15-19)28(22(30)17-35-26)23(32)6-7-29(16-27(37)38)8-11-36(12-9-29)10-2-3-20-24(33)13-18(31)14-25(20)34/h4-5,13-15,17,23H,6-12,16H2,1H3,(H,37,38)/t23-/m1/s1. The van der Waals surface area contributed by atoms with Crippen LogP contribution < -0.4 is 4.74 Å². The third-order valence-electron chi connectivity index (χ3n) is 7.28. The molecule has 0 aliphatic carbocycles. The van der Waals surface area contributed by atoms with Crippen molar-refractivity contribution in [2.45, 2.75) is 38.3 Å². The summed E-state index contributed by atoms with van der Waals surface area (Å²) in [5.41, 5.74) is -0.239. The lowest BCUT2D eigenvalue weighted by atomic mass is 9.71. The fourth-order valence-electron chi connectivity index (χ4n) is 5.11. The van der Waals surface area contributed by atoms with Gasteiger partial charge in [0.2, 0.25) is 0 Å². The summed E-state index contributed by atoms with van der Waals surface area (Å²) in [4.78, 5) is 17.9. The molecule has 1 aliphatic heterocycles. The van der Waals surface area contributed by atoms with Gasteiger partial charge >= 0.3 is 5.97 Å². The van der Waals surface area contributed by atoms with E-state index in [2.05, 4.69) is 16.8 Å². The Morgan fingerprint density at radius 3 is 2.54 bits per heavy atom. The smallest absolute Gasteiger partial charge is 0.303 e. The van der Waals surface area contributed by atoms with Gasteiger partial charge in [-0.3, -0.25) is 14.7 Å². The van der Waals surface area contributed by atoms with Crippen molar-refractivity contribution in [1.82, 2.24) is 9.88 Å². The summed E-state index contributed by atoms with van der Waals surface area (Å²) in [5.74, 6) is 1.56. The first kappa shape index (κ1) is 28.7. The van der Waals surface area contributed by atoms with Crippen molar-refractivity contribution in [3.05, 3.63) is 70.1 Å². The lowest BCUT2D eigenvalue weighted by Crippen LogP contribution is -2.41. The molecule has 1 aromatic heterocycles. The quantitative estimate of drug-likeness (QED) is 0.244. The highest BCUT2D eigenvalue weighted by atomic mass is 35.5. The molecule has 10 heteroatoms. The van der Waals surface area contributed by atoms with Crippen LogP contribution in [0, 0.1) is 34.7 Å². The van der Waals surface area contributed by atoms with E-state index < -0.39 is 40.6 Å². The van der Waals surface area contributed by atoms with Crippen molar-refractivity contribution < 1.29 is 32.2 Å². The van der Waals surface area contributed by atoms with Crippen molar-refractivity contribution in [3.8, 4) is 17.6 Å². The van der Waals surface area contributed by atoms with Gasteiger partial charge in [-0.15, -0.1) is 0 Å². The number of hydrogen-bond donors (Lipinski definition) is 1. The predicted molar refractivity (Wildman–Crippen MR) is 140 cm³/mol. The van der Waals surface area contributed by atoms with Crippen LogP contribution in [0.4, 0.5) is 17.6 Å². The first-order valence-corrected chi connectivity index (χ1v) is 12.8. The number of carboxylic acids is 1. The van der Waals surface area contributed by atoms with Gasteiger partial charge < -0.3 is 9.84 Å². The van der Waals surface area contributed by atoms with Crippen LogP contribution in [0.5, 0.6) is 5.75 Å². The molecule has 0 radical (unpaired) electrons. The van der Waals surface area contributed by atoms with E-state index in [1.807, 2.05) is 4.90 Å². The molecule has 0 bridgehead atoms. The number of aromatic nitrogens is 1. The van der Waals surface area contributed by atoms with Gasteiger partial charge in [-0.1, -0.05) is 23.4 Å². The molecule has 206 valence electrons. The first-order chi connectivity index (χ1) is 18.6. The predicted octanol–water partition coefficient (Wildman–Crippen LogP) is 6.71. The minimum atomic E-state index is -1.44. The summed E-state index contributed by atoms with van der Waals surface area (Å²) < 4.78 is 61.7. The summed E-state index contributed by atoms with van der Waals surface area (Å²) in [6.45, 7) is 1.18. The Labute approximate surface area is 228 Å². The van der Waals surface area contributed by atoms with E-state index in [1.165, 1.54) is 13.3 Å². The van der Waals surface area contributed by atoms with Gasteiger partial charge in [-0.2, -0.15) is 0 Å². The van der Waals surface area contributed by atoms with E-state index in [-0.39, 0.29) is 24.4 Å². The van der Waals surface area contributed by atoms with Crippen LogP contribution in [0.3, 0.4) is 0 Å². The summed E-state index contributed by atoms with van der Waals surface area (Å²) in [7, 11) is 1.51. The summed E-state index contributed by atoms with van der Waals surface area (Å²) >= 11 is 6.35. The molecule has 1 aliphatic rings. The molecule has 4 rings (SSSR count). The number of benzene rings is 2. The van der Waals surface area contributed by atoms with E-state index in [1.54, 1.807) is 18.2 Å². The minimum Gasteiger partial charge on any atom is -0.497 e. The molecule has 5 nitrogen and oxygen atoms in total. The van der Waals surface area contributed by atoms with Gasteiger partial charge in [0.1, 0.15) is 29.4 Å². The Kier molecular flexibility index (Phi) is 8.98. The molecule has 0 unspecified atom stereocenters. The highest BCUT2D eigenvalue weighted by Gasteiger charge is 2.37. The number of piperidine rings is 1. The number of halogens is 5. The number of likely N-dealkylation sites (tertiary alicyclic amines) is 1. The van der Waals surface area contributed by atoms with Crippen LogP contribution in [0.2, 0.25) is 5.02 Å². The number of carbonyl (C=O) groups is 1. The molecule has 1 fully saturated rings. The van der Waals surface area contributed by atoms with E-state index in [4.69, 9.17) is 16.3 Å². The van der Waals surface area contributed by atoms with Gasteiger partial charge in [-0.25, -0.2) is 17.6 Å². The van der Waals surface area contributed by atoms with Gasteiger partial charge in [0.05, 0.1) is 36.2 Å². The molecule has 2 heterocycles. The number of ether oxygens (including phenoxy) is 1. The summed E-state index contributed by atoms with van der Waals surface area (Å²) in [5, 5.41) is 10.3. The monoisotopic (exact) mass is 562 g/mol. The van der Waals surface area contributed by atoms with Gasteiger partial charge in [0.25, 0.3) is 0 Å². The zero-order valence-corrected chi connectivity index (χ0v) is 22.0. The average Bonchev–Trinajstić information content (AvgIpc) is 2.89. The van der Waals surface area contributed by atoms with E-state index in [9.17, 15) is 23.1 Å². The second-order valence-corrected chi connectivity index (χ2v) is 10.2. The third kappa shape index (κ3) is 6.81. The first-order valence-electron chi connectivity index (χ1n) is 12.4. The fourth-order valence-corrected chi connectivity index (χ4v) is 5.38. The molecule has 3 aromatic rings. The molecule has 1 N–H and O–H groups in total. The highest BCUT2D eigenvalue weighted by molar-refractivity contribution is 6.32. The summed E-state index contributed by atoms with van der Waals surface area (Å²) in [6.07, 6.45) is 1.25. The number of pyridine rings is 1. The SMILES string of the molecule is COc1ccc2ncc(Cl)c([C@H](F)CCC3(CC(=O)O)CCN(CC#Cc4c(F)cc(F)cc4F)CC3)c2c1. The van der Waals surface area contributed by atoms with E-state index >= 15 is 4.39 Å². The van der Waals surface area contributed by atoms with Crippen molar-refractivity contribution in [3.63, 3.8) is 0 Å². The van der Waals surface area contributed by atoms with Gasteiger partial charge in [-0.05, 0) is 62.4 Å². The van der Waals surface area contributed by atoms with E-state index in [0.29, 0.717) is 66.7 Å². The van der Waals surface area contributed by atoms with E-state index in [0.717, 1.165) is 0 Å². The molecule has 39 heavy (non-hydrogen) atoms. The maximum atomic E-state index is 15.7. The lowest BCUT2D eigenvalue weighted by Gasteiger charge is -2.41. The van der Waals surface area contributed by atoms with Crippen LogP contribution in [0.15, 0.2) is 36.5 Å². The number of aliphatic carboxylic acids is 1. The second kappa shape index (κ2) is 12.2. The van der Waals surface area contributed by atoms with Crippen LogP contribution in [0.1, 0.15) is 49.4 Å². The summed E-state index contributed by atoms with van der Waals surface area (Å²) in [6, 6.07) is 6.29. The number of rotatable bonds is 8. The molecule has 1 atom stereocenters. The molecule has 1 saturated heterocycles. The van der Waals surface area contributed by atoms with Gasteiger partial charge in [0.15, 0.2) is 0 Å². The Balaban J connectivity index is 1.44. The van der Waals surface area contributed by atoms with Crippen molar-refractivity contribution in [1.29, 1.82) is 0 Å². The topological polar surface area (TPSA) is 62.7 Å². The maximum Gasteiger partial charge on any atom is 0.303 e. The molecule has 0 amide bonds. The Hall–Kier alpha value is -3.35. The Morgan fingerprint density at radius 1 is 1.21 bits per heavy atom. The second-order valence-electron chi connectivity index (χ2n) is 9.80. The normalized spacial score (nSPS) is 15.9. The van der Waals surface area contributed by atoms with Gasteiger partial charge in [0, 0.05) is 29.3 Å². The average molecular weight is 563 g/mol. The zero-order chi connectivity index (χ0) is 28.2. The zero-order valence-electron chi connectivity index (χ0n) is 21.2. The number of carboxylic acid groups (broad SMARTS) is 1. The number of methoxy groups -OCH3 is 1. The van der Waals surface area contributed by atoms with Crippen LogP contribution in [-0.4, -0.2) is 47.7 Å².